The molecule has 1 fully saturated rings. The molecule has 0 aliphatic carbocycles. The maximum atomic E-state index is 11.8. The van der Waals surface area contributed by atoms with Gasteiger partial charge in [-0.2, -0.15) is 0 Å². The van der Waals surface area contributed by atoms with Gasteiger partial charge in [-0.3, -0.25) is 4.79 Å². The minimum absolute atomic E-state index is 0.00523. The van der Waals surface area contributed by atoms with E-state index in [1.165, 1.54) is 4.90 Å². The second-order valence-electron chi connectivity index (χ2n) is 3.99. The van der Waals surface area contributed by atoms with Crippen LogP contribution in [0.15, 0.2) is 5.16 Å². The molecule has 18 heavy (non-hydrogen) atoms. The fourth-order valence-electron chi connectivity index (χ4n) is 1.91. The van der Waals surface area contributed by atoms with Gasteiger partial charge in [0.05, 0.1) is 19.1 Å². The molecule has 1 amide bonds. The van der Waals surface area contributed by atoms with Gasteiger partial charge in [0.1, 0.15) is 6.61 Å². The molecule has 1 heterocycles. The van der Waals surface area contributed by atoms with Gasteiger partial charge in [-0.1, -0.05) is 5.16 Å². The quantitative estimate of drug-likeness (QED) is 0.239. The first kappa shape index (κ1) is 14.6. The van der Waals surface area contributed by atoms with Crippen molar-refractivity contribution in [3.05, 3.63) is 0 Å². The Morgan fingerprint density at radius 3 is 2.94 bits per heavy atom. The third kappa shape index (κ3) is 4.10. The van der Waals surface area contributed by atoms with Crippen LogP contribution < -0.4 is 5.73 Å². The van der Waals surface area contributed by atoms with Gasteiger partial charge in [-0.05, 0) is 12.8 Å². The van der Waals surface area contributed by atoms with Crippen LogP contribution >= 0.6 is 0 Å². The number of nitrogens with zero attached hydrogens (tertiary/aromatic N) is 2. The van der Waals surface area contributed by atoms with E-state index in [9.17, 15) is 13.6 Å². The van der Waals surface area contributed by atoms with Crippen LogP contribution in [0.2, 0.25) is 0 Å². The second-order valence-corrected chi connectivity index (χ2v) is 3.99. The molecule has 0 aromatic heterocycles. The zero-order valence-corrected chi connectivity index (χ0v) is 9.89. The first-order valence-electron chi connectivity index (χ1n) is 5.69. The van der Waals surface area contributed by atoms with Gasteiger partial charge in [0.25, 0.3) is 6.43 Å². The molecule has 0 spiro atoms. The van der Waals surface area contributed by atoms with E-state index >= 15 is 0 Å². The molecule has 1 unspecified atom stereocenters. The summed E-state index contributed by atoms with van der Waals surface area (Å²) in [6.45, 7) is -0.200. The van der Waals surface area contributed by atoms with Crippen molar-refractivity contribution in [2.24, 2.45) is 10.9 Å². The van der Waals surface area contributed by atoms with Gasteiger partial charge in [0.15, 0.2) is 5.84 Å². The molecule has 0 aromatic rings. The Labute approximate surface area is 103 Å². The van der Waals surface area contributed by atoms with Crippen molar-refractivity contribution in [3.8, 4) is 0 Å². The fraction of sp³-hybridized carbons (Fsp3) is 0.800. The number of ether oxygens (including phenoxy) is 1. The maximum absolute atomic E-state index is 11.8. The number of oxime groups is 1. The van der Waals surface area contributed by atoms with Gasteiger partial charge in [-0.15, -0.1) is 0 Å². The van der Waals surface area contributed by atoms with Crippen molar-refractivity contribution < 1.29 is 23.5 Å². The van der Waals surface area contributed by atoms with Crippen LogP contribution in [0.25, 0.3) is 0 Å². The number of halogens is 2. The van der Waals surface area contributed by atoms with E-state index in [1.807, 2.05) is 0 Å². The zero-order chi connectivity index (χ0) is 13.5. The highest BCUT2D eigenvalue weighted by atomic mass is 19.3. The van der Waals surface area contributed by atoms with Crippen LogP contribution in [0.5, 0.6) is 0 Å². The molecule has 1 aliphatic heterocycles. The standard InChI is InChI=1S/C10H17F2N3O3/c11-8(12)6-18-5-3-9(16)15-4-1-2-7(15)10(13)14-17/h7-8,17H,1-6H2,(H2,13,14). The molecule has 6 nitrogen and oxygen atoms in total. The highest BCUT2D eigenvalue weighted by molar-refractivity contribution is 5.90. The summed E-state index contributed by atoms with van der Waals surface area (Å²) < 4.78 is 28.2. The van der Waals surface area contributed by atoms with Gasteiger partial charge < -0.3 is 20.6 Å². The van der Waals surface area contributed by atoms with E-state index in [1.54, 1.807) is 0 Å². The summed E-state index contributed by atoms with van der Waals surface area (Å²) >= 11 is 0. The summed E-state index contributed by atoms with van der Waals surface area (Å²) in [6, 6.07) is -0.405. The predicted octanol–water partition coefficient (Wildman–Crippen LogP) is 0.396. The van der Waals surface area contributed by atoms with Crippen LogP contribution in [0, 0.1) is 0 Å². The Kier molecular flexibility index (Phi) is 5.76. The van der Waals surface area contributed by atoms with Gasteiger partial charge in [-0.25, -0.2) is 8.78 Å². The second kappa shape index (κ2) is 7.10. The lowest BCUT2D eigenvalue weighted by atomic mass is 10.2. The molecule has 0 aromatic carbocycles. The number of amides is 1. The molecule has 1 atom stereocenters. The Balaban J connectivity index is 2.36. The van der Waals surface area contributed by atoms with E-state index < -0.39 is 19.1 Å². The molecule has 8 heteroatoms. The Morgan fingerprint density at radius 2 is 2.33 bits per heavy atom. The van der Waals surface area contributed by atoms with E-state index in [-0.39, 0.29) is 24.8 Å². The number of likely N-dealkylation sites (tertiary alicyclic amines) is 1. The number of hydrogen-bond donors (Lipinski definition) is 2. The van der Waals surface area contributed by atoms with Gasteiger partial charge in [0, 0.05) is 6.54 Å². The van der Waals surface area contributed by atoms with Crippen molar-refractivity contribution in [1.29, 1.82) is 0 Å². The van der Waals surface area contributed by atoms with Crippen molar-refractivity contribution in [2.45, 2.75) is 31.7 Å². The normalized spacial score (nSPS) is 20.7. The lowest BCUT2D eigenvalue weighted by molar-refractivity contribution is -0.132. The van der Waals surface area contributed by atoms with E-state index in [0.717, 1.165) is 6.42 Å². The molecule has 0 bridgehead atoms. The smallest absolute Gasteiger partial charge is 0.261 e. The van der Waals surface area contributed by atoms with Gasteiger partial charge >= 0.3 is 0 Å². The van der Waals surface area contributed by atoms with Crippen LogP contribution in [0.1, 0.15) is 19.3 Å². The molecule has 104 valence electrons. The average molecular weight is 265 g/mol. The monoisotopic (exact) mass is 265 g/mol. The van der Waals surface area contributed by atoms with Crippen LogP contribution in [-0.2, 0) is 9.53 Å². The van der Waals surface area contributed by atoms with Crippen LogP contribution in [0.4, 0.5) is 8.78 Å². The number of carbonyl (C=O) groups excluding carboxylic acids is 1. The van der Waals surface area contributed by atoms with Crippen molar-refractivity contribution in [3.63, 3.8) is 0 Å². The Hall–Kier alpha value is -1.44. The van der Waals surface area contributed by atoms with E-state index in [0.29, 0.717) is 13.0 Å². The third-order valence-electron chi connectivity index (χ3n) is 2.73. The Morgan fingerprint density at radius 1 is 1.61 bits per heavy atom. The first-order chi connectivity index (χ1) is 8.56. The Bertz CT molecular complexity index is 313. The third-order valence-corrected chi connectivity index (χ3v) is 2.73. The first-order valence-corrected chi connectivity index (χ1v) is 5.69. The van der Waals surface area contributed by atoms with Crippen LogP contribution in [-0.4, -0.2) is 54.1 Å². The molecule has 1 aliphatic rings. The molecule has 1 rings (SSSR count). The highest BCUT2D eigenvalue weighted by Crippen LogP contribution is 2.18. The summed E-state index contributed by atoms with van der Waals surface area (Å²) in [5, 5.41) is 11.5. The number of alkyl halides is 2. The average Bonchev–Trinajstić information content (AvgIpc) is 2.82. The number of hydrogen-bond acceptors (Lipinski definition) is 4. The predicted molar refractivity (Wildman–Crippen MR) is 59.6 cm³/mol. The maximum Gasteiger partial charge on any atom is 0.261 e. The lowest BCUT2D eigenvalue weighted by Gasteiger charge is -2.23. The van der Waals surface area contributed by atoms with Gasteiger partial charge in [0.2, 0.25) is 5.91 Å². The van der Waals surface area contributed by atoms with Crippen molar-refractivity contribution in [2.75, 3.05) is 19.8 Å². The topological polar surface area (TPSA) is 88.2 Å². The summed E-state index contributed by atoms with van der Waals surface area (Å²) in [5.41, 5.74) is 5.48. The van der Waals surface area contributed by atoms with E-state index in [2.05, 4.69) is 9.89 Å². The largest absolute Gasteiger partial charge is 0.409 e. The lowest BCUT2D eigenvalue weighted by Crippen LogP contribution is -2.44. The van der Waals surface area contributed by atoms with E-state index in [4.69, 9.17) is 10.9 Å². The zero-order valence-electron chi connectivity index (χ0n) is 9.89. The summed E-state index contributed by atoms with van der Waals surface area (Å²) in [5.74, 6) is -0.243. The molecular formula is C10H17F2N3O3. The molecule has 3 N–H and O–H groups in total. The summed E-state index contributed by atoms with van der Waals surface area (Å²) in [4.78, 5) is 13.3. The number of carbonyl (C=O) groups is 1. The molecule has 0 radical (unpaired) electrons. The van der Waals surface area contributed by atoms with Crippen molar-refractivity contribution >= 4 is 11.7 Å². The summed E-state index contributed by atoms with van der Waals surface area (Å²) in [6.07, 6.45) is -1.11. The number of nitrogens with two attached hydrogens (primary N) is 1. The number of rotatable bonds is 6. The molecular weight excluding hydrogens is 248 g/mol. The highest BCUT2D eigenvalue weighted by Gasteiger charge is 2.31. The SMILES string of the molecule is NC(=NO)C1CCCN1C(=O)CCOCC(F)F. The van der Waals surface area contributed by atoms with Crippen molar-refractivity contribution in [1.82, 2.24) is 4.90 Å². The minimum Gasteiger partial charge on any atom is -0.409 e. The molecule has 1 saturated heterocycles. The number of amidine groups is 1. The molecule has 0 saturated carbocycles. The summed E-state index contributed by atoms with van der Waals surface area (Å²) in [7, 11) is 0. The van der Waals surface area contributed by atoms with Crippen LogP contribution in [0.3, 0.4) is 0 Å². The minimum atomic E-state index is -2.53. The fourth-order valence-corrected chi connectivity index (χ4v) is 1.91.